The highest BCUT2D eigenvalue weighted by molar-refractivity contribution is 7.05. The second kappa shape index (κ2) is 15.0. The number of rotatable bonds is 12. The molecule has 280 valence electrons. The van der Waals surface area contributed by atoms with Crippen LogP contribution < -0.4 is 10.4 Å². The Bertz CT molecular complexity index is 2920. The third-order valence-electron chi connectivity index (χ3n) is 13.0. The lowest BCUT2D eigenvalue weighted by molar-refractivity contribution is 0.684. The quantitative estimate of drug-likeness (QED) is 0.0705. The van der Waals surface area contributed by atoms with E-state index in [1.54, 1.807) is 10.4 Å². The molecule has 9 aromatic rings. The van der Waals surface area contributed by atoms with E-state index in [1.165, 1.54) is 118 Å². The van der Waals surface area contributed by atoms with Crippen molar-refractivity contribution >= 4 is 72.4 Å². The maximum absolute atomic E-state index is 5.39. The summed E-state index contributed by atoms with van der Waals surface area (Å²) >= 11 is 0. The first-order valence-corrected chi connectivity index (χ1v) is 23.9. The molecule has 2 heterocycles. The van der Waals surface area contributed by atoms with Crippen LogP contribution in [0.15, 0.2) is 146 Å². The molecule has 0 fully saturated rings. The van der Waals surface area contributed by atoms with Crippen molar-refractivity contribution in [3.05, 3.63) is 146 Å². The third kappa shape index (κ3) is 5.98. The van der Waals surface area contributed by atoms with E-state index in [4.69, 9.17) is 9.97 Å². The fraction of sp³-hybridized carbons (Fsp3) is 0.222. The molecule has 10 rings (SSSR count). The Morgan fingerprint density at radius 3 is 1.88 bits per heavy atom. The highest BCUT2D eigenvalue weighted by Crippen LogP contribution is 2.45. The fourth-order valence-corrected chi connectivity index (χ4v) is 15.9. The minimum atomic E-state index is -1.99. The first-order valence-electron chi connectivity index (χ1n) is 21.5. The Morgan fingerprint density at radius 1 is 0.439 bits per heavy atom. The Balaban J connectivity index is 1.19. The summed E-state index contributed by atoms with van der Waals surface area (Å²) in [4.78, 5) is 10.7. The Morgan fingerprint density at radius 2 is 1.09 bits per heavy atom. The molecule has 0 amide bonds. The summed E-state index contributed by atoms with van der Waals surface area (Å²) in [5, 5.41) is 14.9. The van der Waals surface area contributed by atoms with Gasteiger partial charge in [-0.15, -0.1) is 0 Å². The molecule has 1 aromatic heterocycles. The van der Waals surface area contributed by atoms with Crippen LogP contribution in [0.4, 0.5) is 0 Å². The van der Waals surface area contributed by atoms with Crippen molar-refractivity contribution in [2.75, 3.05) is 0 Å². The number of fused-ring (bicyclic) bond motifs is 13. The van der Waals surface area contributed by atoms with Gasteiger partial charge in [-0.2, -0.15) is 0 Å². The number of benzene rings is 8. The molecule has 0 radical (unpaired) electrons. The van der Waals surface area contributed by atoms with E-state index in [-0.39, 0.29) is 0 Å². The lowest BCUT2D eigenvalue weighted by Gasteiger charge is -2.30. The van der Waals surface area contributed by atoms with Gasteiger partial charge in [0.15, 0.2) is 5.82 Å². The zero-order chi connectivity index (χ0) is 38.3. The standard InChI is InChI=1S/C54H50N2Si/c1-3-5-7-18-34-57(35-19-8-6-4-2)48-27-17-16-26-45(48)52-49(57)33-31-44-42-30-28-39(36-46(42)41-24-14-15-25-43(41)50(44)52)54-55-47-32-29-37-20-12-13-23-40(37)51(47)53(56-54)38-21-10-9-11-22-38/h9-17,20-33,36H,3-8,18-19,34-35H2,1-2H3. The Labute approximate surface area is 337 Å². The number of nitrogens with zero attached hydrogens (tertiary/aromatic N) is 2. The SMILES string of the molecule is CCCCCC[Si]1(CCCCCC)c2ccccc2-c2c1ccc1c3ccc(-c4nc(-c5ccccc5)c5c(ccc6ccccc65)n4)cc3c3ccccc3c21. The van der Waals surface area contributed by atoms with E-state index >= 15 is 0 Å². The topological polar surface area (TPSA) is 25.8 Å². The third-order valence-corrected chi connectivity index (χ3v) is 18.4. The van der Waals surface area contributed by atoms with E-state index in [9.17, 15) is 0 Å². The van der Waals surface area contributed by atoms with E-state index < -0.39 is 8.07 Å². The maximum atomic E-state index is 5.39. The van der Waals surface area contributed by atoms with Crippen LogP contribution in [-0.2, 0) is 0 Å². The molecule has 1 aliphatic rings. The monoisotopic (exact) mass is 754 g/mol. The average molecular weight is 755 g/mol. The molecule has 3 heteroatoms. The predicted molar refractivity (Wildman–Crippen MR) is 249 cm³/mol. The normalized spacial score (nSPS) is 13.2. The molecule has 0 N–H and O–H groups in total. The average Bonchev–Trinajstić information content (AvgIpc) is 3.55. The van der Waals surface area contributed by atoms with Gasteiger partial charge in [-0.1, -0.05) is 199 Å². The van der Waals surface area contributed by atoms with Crippen LogP contribution in [0.2, 0.25) is 12.1 Å². The molecule has 0 aliphatic carbocycles. The van der Waals surface area contributed by atoms with Gasteiger partial charge in [-0.3, -0.25) is 0 Å². The van der Waals surface area contributed by atoms with Crippen molar-refractivity contribution in [2.45, 2.75) is 77.3 Å². The van der Waals surface area contributed by atoms with Gasteiger partial charge < -0.3 is 0 Å². The fourth-order valence-electron chi connectivity index (χ4n) is 10.3. The first kappa shape index (κ1) is 35.7. The molecule has 0 bridgehead atoms. The smallest absolute Gasteiger partial charge is 0.160 e. The van der Waals surface area contributed by atoms with Crippen molar-refractivity contribution in [1.29, 1.82) is 0 Å². The highest BCUT2D eigenvalue weighted by atomic mass is 28.3. The van der Waals surface area contributed by atoms with E-state index in [2.05, 4.69) is 159 Å². The van der Waals surface area contributed by atoms with Crippen molar-refractivity contribution in [3.63, 3.8) is 0 Å². The van der Waals surface area contributed by atoms with E-state index in [0.29, 0.717) is 0 Å². The summed E-state index contributed by atoms with van der Waals surface area (Å²) in [5.41, 5.74) is 7.11. The summed E-state index contributed by atoms with van der Waals surface area (Å²) in [7, 11) is -1.99. The van der Waals surface area contributed by atoms with Gasteiger partial charge in [-0.25, -0.2) is 9.97 Å². The lowest BCUT2D eigenvalue weighted by Crippen LogP contribution is -2.55. The van der Waals surface area contributed by atoms with Gasteiger partial charge in [0.25, 0.3) is 0 Å². The summed E-state index contributed by atoms with van der Waals surface area (Å²) in [6.07, 6.45) is 10.6. The van der Waals surface area contributed by atoms with Crippen molar-refractivity contribution in [1.82, 2.24) is 9.97 Å². The summed E-state index contributed by atoms with van der Waals surface area (Å²) in [5.74, 6) is 0.757. The molecule has 1 aliphatic heterocycles. The van der Waals surface area contributed by atoms with Gasteiger partial charge >= 0.3 is 0 Å². The Hall–Kier alpha value is -5.64. The van der Waals surface area contributed by atoms with Gasteiger partial charge in [0.1, 0.15) is 8.07 Å². The second-order valence-electron chi connectivity index (χ2n) is 16.4. The minimum Gasteiger partial charge on any atom is -0.228 e. The van der Waals surface area contributed by atoms with Crippen LogP contribution in [-0.4, -0.2) is 18.0 Å². The van der Waals surface area contributed by atoms with Gasteiger partial charge in [0.05, 0.1) is 11.2 Å². The molecular formula is C54H50N2Si. The van der Waals surface area contributed by atoms with Crippen molar-refractivity contribution < 1.29 is 0 Å². The zero-order valence-corrected chi connectivity index (χ0v) is 34.3. The van der Waals surface area contributed by atoms with Crippen LogP contribution in [0.25, 0.3) is 87.8 Å². The number of hydrogen-bond acceptors (Lipinski definition) is 2. The highest BCUT2D eigenvalue weighted by Gasteiger charge is 2.45. The van der Waals surface area contributed by atoms with Gasteiger partial charge in [0, 0.05) is 16.5 Å². The van der Waals surface area contributed by atoms with Crippen LogP contribution in [0.3, 0.4) is 0 Å². The number of aromatic nitrogens is 2. The molecule has 0 unspecified atom stereocenters. The van der Waals surface area contributed by atoms with Crippen LogP contribution in [0.5, 0.6) is 0 Å². The van der Waals surface area contributed by atoms with Crippen LogP contribution >= 0.6 is 0 Å². The summed E-state index contributed by atoms with van der Waals surface area (Å²) in [6.45, 7) is 4.67. The predicted octanol–water partition coefficient (Wildman–Crippen LogP) is 14.3. The number of hydrogen-bond donors (Lipinski definition) is 0. The molecule has 2 nitrogen and oxygen atoms in total. The molecule has 0 saturated carbocycles. The molecule has 0 atom stereocenters. The van der Waals surface area contributed by atoms with Crippen molar-refractivity contribution in [3.8, 4) is 33.8 Å². The zero-order valence-electron chi connectivity index (χ0n) is 33.3. The van der Waals surface area contributed by atoms with Gasteiger partial charge in [-0.05, 0) is 88.8 Å². The van der Waals surface area contributed by atoms with Crippen molar-refractivity contribution in [2.24, 2.45) is 0 Å². The molecule has 8 aromatic carbocycles. The van der Waals surface area contributed by atoms with Crippen LogP contribution in [0.1, 0.15) is 65.2 Å². The molecule has 0 spiro atoms. The molecular weight excluding hydrogens is 705 g/mol. The first-order chi connectivity index (χ1) is 28.2. The molecule has 0 saturated heterocycles. The minimum absolute atomic E-state index is 0.757. The largest absolute Gasteiger partial charge is 0.228 e. The second-order valence-corrected chi connectivity index (χ2v) is 20.6. The van der Waals surface area contributed by atoms with E-state index in [0.717, 1.165) is 33.5 Å². The van der Waals surface area contributed by atoms with Gasteiger partial charge in [0.2, 0.25) is 0 Å². The lowest BCUT2D eigenvalue weighted by atomic mass is 9.89. The van der Waals surface area contributed by atoms with Crippen LogP contribution in [0, 0.1) is 0 Å². The Kier molecular flexibility index (Phi) is 9.42. The number of unbranched alkanes of at least 4 members (excludes halogenated alkanes) is 6. The maximum Gasteiger partial charge on any atom is 0.160 e. The summed E-state index contributed by atoms with van der Waals surface area (Å²) < 4.78 is 0. The molecule has 57 heavy (non-hydrogen) atoms. The van der Waals surface area contributed by atoms with E-state index in [1.807, 2.05) is 0 Å². The summed E-state index contributed by atoms with van der Waals surface area (Å²) in [6, 6.07) is 57.0.